The Morgan fingerprint density at radius 1 is 1.41 bits per heavy atom. The van der Waals surface area contributed by atoms with Crippen LogP contribution in [0.15, 0.2) is 4.79 Å². The minimum absolute atomic E-state index is 0.0988. The zero-order valence-corrected chi connectivity index (χ0v) is 13.7. The molecule has 1 aliphatic rings. The van der Waals surface area contributed by atoms with Crippen LogP contribution >= 0.6 is 12.2 Å². The maximum Gasteiger partial charge on any atom is 0.256 e. The van der Waals surface area contributed by atoms with Crippen LogP contribution in [0, 0.1) is 11.7 Å². The summed E-state index contributed by atoms with van der Waals surface area (Å²) < 4.78 is 7.57. The fourth-order valence-electron chi connectivity index (χ4n) is 2.99. The van der Waals surface area contributed by atoms with Gasteiger partial charge in [0.2, 0.25) is 5.88 Å². The fourth-order valence-corrected chi connectivity index (χ4v) is 3.21. The predicted molar refractivity (Wildman–Crippen MR) is 84.6 cm³/mol. The second kappa shape index (κ2) is 5.69. The standard InChI is InChI=1S/C14H19N5O2S/c1-8-9(13(21-3)18(2)17-8)6-19-5-4-11-10(7-19)12(20)16-14(22)15-11/h4-7H2,1-3H3,(H2,15,16,20,22). The Morgan fingerprint density at radius 3 is 2.91 bits per heavy atom. The lowest BCUT2D eigenvalue weighted by atomic mass is 10.1. The van der Waals surface area contributed by atoms with Gasteiger partial charge in [0, 0.05) is 38.8 Å². The molecule has 0 aromatic carbocycles. The average Bonchev–Trinajstić information content (AvgIpc) is 2.73. The quantitative estimate of drug-likeness (QED) is 0.826. The molecule has 0 unspecified atom stereocenters. The lowest BCUT2D eigenvalue weighted by Gasteiger charge is -2.27. The summed E-state index contributed by atoms with van der Waals surface area (Å²) in [4.78, 5) is 20.0. The minimum atomic E-state index is -0.0988. The Bertz CT molecular complexity index is 820. The lowest BCUT2D eigenvalue weighted by Crippen LogP contribution is -2.35. The molecule has 0 saturated carbocycles. The second-order valence-electron chi connectivity index (χ2n) is 5.52. The number of hydrogen-bond acceptors (Lipinski definition) is 5. The van der Waals surface area contributed by atoms with Gasteiger partial charge in [-0.3, -0.25) is 14.7 Å². The van der Waals surface area contributed by atoms with E-state index in [1.54, 1.807) is 11.8 Å². The molecule has 22 heavy (non-hydrogen) atoms. The van der Waals surface area contributed by atoms with Crippen LogP contribution in [0.3, 0.4) is 0 Å². The molecule has 2 aromatic heterocycles. The van der Waals surface area contributed by atoms with E-state index in [1.807, 2.05) is 14.0 Å². The highest BCUT2D eigenvalue weighted by Crippen LogP contribution is 2.24. The number of hydrogen-bond donors (Lipinski definition) is 2. The monoisotopic (exact) mass is 321 g/mol. The Kier molecular flexibility index (Phi) is 3.88. The molecule has 7 nitrogen and oxygen atoms in total. The molecule has 3 rings (SSSR count). The van der Waals surface area contributed by atoms with Crippen LogP contribution in [0.25, 0.3) is 0 Å². The van der Waals surface area contributed by atoms with Gasteiger partial charge in [0.1, 0.15) is 0 Å². The van der Waals surface area contributed by atoms with Gasteiger partial charge in [0.05, 0.1) is 23.9 Å². The molecule has 0 radical (unpaired) electrons. The third kappa shape index (κ3) is 2.59. The van der Waals surface area contributed by atoms with Gasteiger partial charge in [-0.25, -0.2) is 4.68 Å². The molecule has 0 atom stereocenters. The highest BCUT2D eigenvalue weighted by atomic mass is 32.1. The van der Waals surface area contributed by atoms with Gasteiger partial charge in [-0.05, 0) is 19.1 Å². The van der Waals surface area contributed by atoms with Gasteiger partial charge in [-0.15, -0.1) is 0 Å². The summed E-state index contributed by atoms with van der Waals surface area (Å²) in [6, 6.07) is 0. The summed E-state index contributed by atoms with van der Waals surface area (Å²) in [5.74, 6) is 0.768. The minimum Gasteiger partial charge on any atom is -0.481 e. The molecular formula is C14H19N5O2S. The maximum absolute atomic E-state index is 12.1. The van der Waals surface area contributed by atoms with E-state index >= 15 is 0 Å². The number of rotatable bonds is 3. The van der Waals surface area contributed by atoms with Crippen molar-refractivity contribution in [2.24, 2.45) is 7.05 Å². The molecule has 0 aliphatic carbocycles. The summed E-state index contributed by atoms with van der Waals surface area (Å²) in [6.45, 7) is 4.13. The smallest absolute Gasteiger partial charge is 0.256 e. The number of aromatic amines is 2. The first-order valence-corrected chi connectivity index (χ1v) is 7.53. The van der Waals surface area contributed by atoms with E-state index in [0.717, 1.165) is 41.4 Å². The van der Waals surface area contributed by atoms with E-state index in [1.165, 1.54) is 0 Å². The normalized spacial score (nSPS) is 14.9. The van der Waals surface area contributed by atoms with E-state index in [-0.39, 0.29) is 5.56 Å². The van der Waals surface area contributed by atoms with Gasteiger partial charge >= 0.3 is 0 Å². The number of aromatic nitrogens is 4. The van der Waals surface area contributed by atoms with Gasteiger partial charge in [-0.1, -0.05) is 0 Å². The van der Waals surface area contributed by atoms with Crippen molar-refractivity contribution in [3.63, 3.8) is 0 Å². The number of methoxy groups -OCH3 is 1. The Labute approximate surface area is 132 Å². The van der Waals surface area contributed by atoms with E-state index in [4.69, 9.17) is 17.0 Å². The van der Waals surface area contributed by atoms with Crippen LogP contribution in [0.5, 0.6) is 5.88 Å². The average molecular weight is 321 g/mol. The van der Waals surface area contributed by atoms with Gasteiger partial charge in [-0.2, -0.15) is 5.10 Å². The van der Waals surface area contributed by atoms with Crippen LogP contribution in [0.2, 0.25) is 0 Å². The van der Waals surface area contributed by atoms with Crippen LogP contribution < -0.4 is 10.3 Å². The van der Waals surface area contributed by atoms with Crippen LogP contribution in [-0.2, 0) is 26.6 Å². The topological polar surface area (TPSA) is 78.9 Å². The molecule has 1 aliphatic heterocycles. The molecule has 2 aromatic rings. The highest BCUT2D eigenvalue weighted by Gasteiger charge is 2.23. The highest BCUT2D eigenvalue weighted by molar-refractivity contribution is 7.71. The molecule has 0 bridgehead atoms. The van der Waals surface area contributed by atoms with Crippen molar-refractivity contribution in [1.29, 1.82) is 0 Å². The summed E-state index contributed by atoms with van der Waals surface area (Å²) >= 11 is 5.02. The van der Waals surface area contributed by atoms with Crippen molar-refractivity contribution in [3.8, 4) is 5.88 Å². The first-order chi connectivity index (χ1) is 10.5. The summed E-state index contributed by atoms with van der Waals surface area (Å²) in [5.41, 5.74) is 3.62. The number of H-pyrrole nitrogens is 2. The first kappa shape index (κ1) is 15.0. The van der Waals surface area contributed by atoms with Crippen molar-refractivity contribution in [3.05, 3.63) is 37.6 Å². The van der Waals surface area contributed by atoms with E-state index in [0.29, 0.717) is 17.9 Å². The van der Waals surface area contributed by atoms with E-state index < -0.39 is 0 Å². The largest absolute Gasteiger partial charge is 0.481 e. The number of fused-ring (bicyclic) bond motifs is 1. The molecule has 0 spiro atoms. The fraction of sp³-hybridized carbons (Fsp3) is 0.500. The SMILES string of the molecule is COc1c(CN2CCc3[nH]c(=S)[nH]c(=O)c3C2)c(C)nn1C. The molecule has 0 saturated heterocycles. The number of nitrogens with zero attached hydrogens (tertiary/aromatic N) is 3. The summed E-state index contributed by atoms with van der Waals surface area (Å²) in [6.07, 6.45) is 0.782. The van der Waals surface area contributed by atoms with Gasteiger partial charge < -0.3 is 9.72 Å². The third-order valence-corrected chi connectivity index (χ3v) is 4.26. The maximum atomic E-state index is 12.1. The van der Waals surface area contributed by atoms with E-state index in [2.05, 4.69) is 20.0 Å². The Morgan fingerprint density at radius 2 is 2.18 bits per heavy atom. The first-order valence-electron chi connectivity index (χ1n) is 7.12. The van der Waals surface area contributed by atoms with E-state index in [9.17, 15) is 4.79 Å². The van der Waals surface area contributed by atoms with Gasteiger partial charge in [0.25, 0.3) is 5.56 Å². The zero-order chi connectivity index (χ0) is 15.9. The Balaban J connectivity index is 1.87. The number of ether oxygens (including phenoxy) is 1. The molecule has 0 fully saturated rings. The molecule has 2 N–H and O–H groups in total. The third-order valence-electron chi connectivity index (χ3n) is 4.05. The van der Waals surface area contributed by atoms with Crippen molar-refractivity contribution in [2.75, 3.05) is 13.7 Å². The zero-order valence-electron chi connectivity index (χ0n) is 12.9. The van der Waals surface area contributed by atoms with Crippen LogP contribution in [-0.4, -0.2) is 38.3 Å². The van der Waals surface area contributed by atoms with Crippen molar-refractivity contribution < 1.29 is 4.74 Å². The molecule has 118 valence electrons. The second-order valence-corrected chi connectivity index (χ2v) is 5.93. The summed E-state index contributed by atoms with van der Waals surface area (Å²) in [5, 5.41) is 4.40. The molecule has 3 heterocycles. The predicted octanol–water partition coefficient (Wildman–Crippen LogP) is 1.04. The summed E-state index contributed by atoms with van der Waals surface area (Å²) in [7, 11) is 3.52. The van der Waals surface area contributed by atoms with Crippen LogP contribution in [0.1, 0.15) is 22.5 Å². The number of aryl methyl sites for hydroxylation is 2. The van der Waals surface area contributed by atoms with Crippen molar-refractivity contribution >= 4 is 12.2 Å². The molecule has 8 heteroatoms. The number of nitrogens with one attached hydrogen (secondary N) is 2. The van der Waals surface area contributed by atoms with Crippen molar-refractivity contribution in [2.45, 2.75) is 26.4 Å². The molecular weight excluding hydrogens is 302 g/mol. The van der Waals surface area contributed by atoms with Gasteiger partial charge in [0.15, 0.2) is 4.77 Å². The van der Waals surface area contributed by atoms with Crippen LogP contribution in [0.4, 0.5) is 0 Å². The van der Waals surface area contributed by atoms with Crippen molar-refractivity contribution in [1.82, 2.24) is 24.6 Å². The molecule has 0 amide bonds. The Hall–Kier alpha value is -1.93. The lowest BCUT2D eigenvalue weighted by molar-refractivity contribution is 0.236.